The van der Waals surface area contributed by atoms with Gasteiger partial charge >= 0.3 is 8.80 Å². The molecule has 1 heterocycles. The van der Waals surface area contributed by atoms with Gasteiger partial charge in [-0.05, 0) is 19.3 Å². The van der Waals surface area contributed by atoms with E-state index in [9.17, 15) is 0 Å². The smallest absolute Gasteiger partial charge is 0.381 e. The Hall–Kier alpha value is 0.367. The summed E-state index contributed by atoms with van der Waals surface area (Å²) < 4.78 is 24.2. The van der Waals surface area contributed by atoms with E-state index in [4.69, 9.17) is 18.0 Å². The highest BCUT2D eigenvalue weighted by Crippen LogP contribution is 2.20. The second-order valence-corrected chi connectivity index (χ2v) is 8.75. The molecule has 0 aromatic carbocycles. The van der Waals surface area contributed by atoms with Crippen LogP contribution in [0, 0.1) is 0 Å². The molecule has 19 heavy (non-hydrogen) atoms. The lowest BCUT2D eigenvalue weighted by Crippen LogP contribution is -2.42. The Morgan fingerprint density at radius 2 is 1.63 bits per heavy atom. The molecule has 0 aromatic heterocycles. The van der Waals surface area contributed by atoms with Crippen LogP contribution in [0.15, 0.2) is 0 Å². The van der Waals surface area contributed by atoms with Crippen LogP contribution < -0.4 is 0 Å². The molecule has 1 rings (SSSR count). The number of rotatable bonds is 8. The molecule has 5 nitrogen and oxygen atoms in total. The van der Waals surface area contributed by atoms with Gasteiger partial charge in [-0.3, -0.25) is 4.31 Å². The molecule has 0 aliphatic carbocycles. The average molecular weight is 310 g/mol. The van der Waals surface area contributed by atoms with Crippen LogP contribution in [0.1, 0.15) is 19.3 Å². The summed E-state index contributed by atoms with van der Waals surface area (Å²) >= 11 is 1.93. The minimum Gasteiger partial charge on any atom is -0.381 e. The van der Waals surface area contributed by atoms with Crippen molar-refractivity contribution in [2.24, 2.45) is 0 Å². The van der Waals surface area contributed by atoms with Crippen molar-refractivity contribution in [1.82, 2.24) is 4.31 Å². The molecule has 1 fully saturated rings. The van der Waals surface area contributed by atoms with Crippen LogP contribution in [-0.2, 0) is 18.0 Å². The molecule has 1 aliphatic heterocycles. The minimum atomic E-state index is -2.37. The fourth-order valence-electron chi connectivity index (χ4n) is 2.07. The van der Waals surface area contributed by atoms with Gasteiger partial charge in [0.05, 0.1) is 0 Å². The van der Waals surface area contributed by atoms with Gasteiger partial charge in [-0.25, -0.2) is 0 Å². The first-order chi connectivity index (χ1) is 9.26. The van der Waals surface area contributed by atoms with E-state index in [1.165, 1.54) is 0 Å². The number of hydrogen-bond acceptors (Lipinski definition) is 6. The van der Waals surface area contributed by atoms with Gasteiger partial charge < -0.3 is 18.0 Å². The molecule has 1 saturated heterocycles. The predicted molar refractivity (Wildman–Crippen MR) is 80.3 cm³/mol. The van der Waals surface area contributed by atoms with E-state index in [0.717, 1.165) is 57.4 Å². The lowest BCUT2D eigenvalue weighted by molar-refractivity contribution is 0.109. The quantitative estimate of drug-likeness (QED) is 0.388. The van der Waals surface area contributed by atoms with Crippen LogP contribution in [-0.4, -0.2) is 66.5 Å². The molecule has 0 radical (unpaired) electrons. The molecule has 0 unspecified atom stereocenters. The maximum absolute atomic E-state index is 5.46. The van der Waals surface area contributed by atoms with Crippen LogP contribution in [0.25, 0.3) is 0 Å². The van der Waals surface area contributed by atoms with Gasteiger partial charge in [0.1, 0.15) is 0 Å². The van der Waals surface area contributed by atoms with E-state index < -0.39 is 8.80 Å². The second-order valence-electron chi connectivity index (χ2n) is 4.48. The molecule has 1 aliphatic rings. The summed E-state index contributed by atoms with van der Waals surface area (Å²) in [4.78, 5) is 0. The van der Waals surface area contributed by atoms with Crippen molar-refractivity contribution in [2.45, 2.75) is 25.3 Å². The SMILES string of the molecule is CO[Si](CCCSN1CCCOCCC1)(OC)OC. The number of nitrogens with zero attached hydrogens (tertiary/aromatic N) is 1. The Labute approximate surface area is 122 Å². The molecular formula is C12H27NO4SSi. The maximum atomic E-state index is 5.46. The van der Waals surface area contributed by atoms with Crippen molar-refractivity contribution in [3.05, 3.63) is 0 Å². The van der Waals surface area contributed by atoms with Crippen molar-refractivity contribution in [3.63, 3.8) is 0 Å². The molecule has 0 atom stereocenters. The normalized spacial score (nSPS) is 19.1. The molecule has 0 amide bonds. The summed E-state index contributed by atoms with van der Waals surface area (Å²) in [7, 11) is 2.64. The fraction of sp³-hybridized carbons (Fsp3) is 1.00. The largest absolute Gasteiger partial charge is 0.500 e. The lowest BCUT2D eigenvalue weighted by atomic mass is 10.3. The molecule has 114 valence electrons. The molecule has 7 heteroatoms. The van der Waals surface area contributed by atoms with E-state index in [0.29, 0.717) is 0 Å². The standard InChI is InChI=1S/C12H27NO4SSi/c1-14-19(15-2,16-3)12-6-11-18-13-7-4-9-17-10-5-8-13/h4-12H2,1-3H3. The Morgan fingerprint density at radius 1 is 1.05 bits per heavy atom. The highest BCUT2D eigenvalue weighted by molar-refractivity contribution is 7.97. The van der Waals surface area contributed by atoms with E-state index >= 15 is 0 Å². The summed E-state index contributed by atoms with van der Waals surface area (Å²) in [5.74, 6) is 1.09. The Kier molecular flexibility index (Phi) is 9.30. The van der Waals surface area contributed by atoms with E-state index in [1.54, 1.807) is 21.3 Å². The van der Waals surface area contributed by atoms with Crippen LogP contribution >= 0.6 is 11.9 Å². The third kappa shape index (κ3) is 6.57. The van der Waals surface area contributed by atoms with Crippen molar-refractivity contribution in [3.8, 4) is 0 Å². The molecule has 0 bridgehead atoms. The third-order valence-corrected chi connectivity index (χ3v) is 7.26. The maximum Gasteiger partial charge on any atom is 0.500 e. The van der Waals surface area contributed by atoms with Gasteiger partial charge in [-0.1, -0.05) is 11.9 Å². The van der Waals surface area contributed by atoms with Gasteiger partial charge in [0.25, 0.3) is 0 Å². The first-order valence-corrected chi connectivity index (χ1v) is 9.75. The summed E-state index contributed by atoms with van der Waals surface area (Å²) in [6.07, 6.45) is 3.30. The lowest BCUT2D eigenvalue weighted by Gasteiger charge is -2.26. The Balaban J connectivity index is 2.17. The summed E-state index contributed by atoms with van der Waals surface area (Å²) in [6.45, 7) is 4.02. The number of hydrogen-bond donors (Lipinski definition) is 0. The van der Waals surface area contributed by atoms with Crippen molar-refractivity contribution in [2.75, 3.05) is 53.4 Å². The zero-order chi connectivity index (χ0) is 14.0. The first-order valence-electron chi connectivity index (χ1n) is 6.87. The van der Waals surface area contributed by atoms with Crippen LogP contribution in [0.5, 0.6) is 0 Å². The third-order valence-electron chi connectivity index (χ3n) is 3.23. The topological polar surface area (TPSA) is 40.2 Å². The average Bonchev–Trinajstić information content (AvgIpc) is 2.41. The zero-order valence-electron chi connectivity index (χ0n) is 12.4. The monoisotopic (exact) mass is 309 g/mol. The summed E-state index contributed by atoms with van der Waals surface area (Å²) in [5, 5.41) is 0. The highest BCUT2D eigenvalue weighted by Gasteiger charge is 2.36. The Morgan fingerprint density at radius 3 is 2.16 bits per heavy atom. The van der Waals surface area contributed by atoms with Crippen molar-refractivity contribution in [1.29, 1.82) is 0 Å². The highest BCUT2D eigenvalue weighted by atomic mass is 32.2. The van der Waals surface area contributed by atoms with Gasteiger partial charge in [-0.2, -0.15) is 0 Å². The molecule has 0 saturated carbocycles. The fourth-order valence-corrected chi connectivity index (χ4v) is 5.09. The van der Waals surface area contributed by atoms with Crippen molar-refractivity contribution < 1.29 is 18.0 Å². The minimum absolute atomic E-state index is 0.875. The van der Waals surface area contributed by atoms with Gasteiger partial charge in [0.2, 0.25) is 0 Å². The van der Waals surface area contributed by atoms with Gasteiger partial charge in [0, 0.05) is 59.4 Å². The Bertz CT molecular complexity index is 216. The molecule has 0 aromatic rings. The zero-order valence-corrected chi connectivity index (χ0v) is 14.2. The predicted octanol–water partition coefficient (Wildman–Crippen LogP) is 2.02. The van der Waals surface area contributed by atoms with E-state index in [-0.39, 0.29) is 0 Å². The van der Waals surface area contributed by atoms with Gasteiger partial charge in [-0.15, -0.1) is 0 Å². The van der Waals surface area contributed by atoms with Crippen LogP contribution in [0.4, 0.5) is 0 Å². The van der Waals surface area contributed by atoms with Gasteiger partial charge in [0.15, 0.2) is 0 Å². The summed E-state index contributed by atoms with van der Waals surface area (Å²) in [6, 6.07) is 0.875. The molecular weight excluding hydrogens is 282 g/mol. The second kappa shape index (κ2) is 10.1. The van der Waals surface area contributed by atoms with Crippen LogP contribution in [0.2, 0.25) is 6.04 Å². The first kappa shape index (κ1) is 17.4. The number of ether oxygens (including phenoxy) is 1. The molecule has 0 N–H and O–H groups in total. The summed E-state index contributed by atoms with van der Waals surface area (Å²) in [5.41, 5.74) is 0. The van der Waals surface area contributed by atoms with Crippen LogP contribution in [0.3, 0.4) is 0 Å². The van der Waals surface area contributed by atoms with E-state index in [1.807, 2.05) is 11.9 Å². The van der Waals surface area contributed by atoms with E-state index in [2.05, 4.69) is 4.31 Å². The van der Waals surface area contributed by atoms with Crippen molar-refractivity contribution >= 4 is 20.8 Å². The molecule has 0 spiro atoms.